The molecule has 0 aliphatic carbocycles. The van der Waals surface area contributed by atoms with Crippen molar-refractivity contribution in [1.29, 1.82) is 5.26 Å². The lowest BCUT2D eigenvalue weighted by Gasteiger charge is -2.25. The molecule has 21 heavy (non-hydrogen) atoms. The molecule has 5 heteroatoms. The number of benzene rings is 1. The molecule has 1 aromatic heterocycles. The Morgan fingerprint density at radius 1 is 1.29 bits per heavy atom. The molecular formula is C16H14FN3O. The number of anilines is 1. The highest BCUT2D eigenvalue weighted by atomic mass is 19.1. The van der Waals surface area contributed by atoms with Crippen molar-refractivity contribution in [2.24, 2.45) is 0 Å². The van der Waals surface area contributed by atoms with Gasteiger partial charge in [-0.25, -0.2) is 9.37 Å². The Bertz CT molecular complexity index is 681. The van der Waals surface area contributed by atoms with Gasteiger partial charge in [-0.3, -0.25) is 0 Å². The van der Waals surface area contributed by atoms with Crippen LogP contribution in [0.3, 0.4) is 0 Å². The van der Waals surface area contributed by atoms with E-state index in [1.807, 2.05) is 4.90 Å². The molecule has 1 fully saturated rings. The summed E-state index contributed by atoms with van der Waals surface area (Å²) in [7, 11) is 0. The van der Waals surface area contributed by atoms with Crippen molar-refractivity contribution >= 4 is 5.82 Å². The number of rotatable bonds is 2. The number of aliphatic hydroxyl groups is 1. The fourth-order valence-electron chi connectivity index (χ4n) is 2.71. The van der Waals surface area contributed by atoms with E-state index in [9.17, 15) is 9.50 Å². The average Bonchev–Trinajstić information content (AvgIpc) is 2.90. The maximum atomic E-state index is 13.1. The third-order valence-electron chi connectivity index (χ3n) is 3.70. The molecule has 106 valence electrons. The van der Waals surface area contributed by atoms with Gasteiger partial charge in [-0.1, -0.05) is 12.1 Å². The molecular weight excluding hydrogens is 269 g/mol. The van der Waals surface area contributed by atoms with Crippen LogP contribution < -0.4 is 4.90 Å². The van der Waals surface area contributed by atoms with Crippen molar-refractivity contribution in [2.45, 2.75) is 18.6 Å². The molecule has 0 unspecified atom stereocenters. The Hall–Kier alpha value is -2.45. The number of nitrogens with zero attached hydrogens (tertiary/aromatic N) is 3. The first-order valence-electron chi connectivity index (χ1n) is 6.73. The molecule has 2 aromatic rings. The molecule has 0 saturated carbocycles. The molecule has 0 radical (unpaired) electrons. The van der Waals surface area contributed by atoms with E-state index >= 15 is 0 Å². The van der Waals surface area contributed by atoms with Crippen molar-refractivity contribution in [3.63, 3.8) is 0 Å². The van der Waals surface area contributed by atoms with Crippen molar-refractivity contribution in [1.82, 2.24) is 4.98 Å². The Morgan fingerprint density at radius 3 is 2.76 bits per heavy atom. The lowest BCUT2D eigenvalue weighted by atomic mass is 10.0. The molecule has 1 saturated heterocycles. The largest absolute Gasteiger partial charge is 0.391 e. The summed E-state index contributed by atoms with van der Waals surface area (Å²) in [6.45, 7) is 0.448. The number of aliphatic hydroxyl groups excluding tert-OH is 1. The van der Waals surface area contributed by atoms with Gasteiger partial charge in [0, 0.05) is 12.7 Å². The van der Waals surface area contributed by atoms with Crippen molar-refractivity contribution in [3.05, 3.63) is 59.5 Å². The number of pyridine rings is 1. The Kier molecular flexibility index (Phi) is 3.55. The fourth-order valence-corrected chi connectivity index (χ4v) is 2.71. The molecule has 0 spiro atoms. The summed E-state index contributed by atoms with van der Waals surface area (Å²) in [5.74, 6) is 0.369. The minimum atomic E-state index is -0.465. The zero-order valence-electron chi connectivity index (χ0n) is 11.3. The van der Waals surface area contributed by atoms with E-state index in [0.29, 0.717) is 24.3 Å². The van der Waals surface area contributed by atoms with Crippen LogP contribution >= 0.6 is 0 Å². The number of aromatic nitrogens is 1. The maximum absolute atomic E-state index is 13.1. The first-order chi connectivity index (χ1) is 10.2. The van der Waals surface area contributed by atoms with Crippen LogP contribution in [-0.2, 0) is 0 Å². The highest BCUT2D eigenvalue weighted by Crippen LogP contribution is 2.35. The van der Waals surface area contributed by atoms with E-state index in [2.05, 4.69) is 11.1 Å². The Morgan fingerprint density at radius 2 is 2.05 bits per heavy atom. The summed E-state index contributed by atoms with van der Waals surface area (Å²) in [6.07, 6.45) is 1.68. The molecule has 3 rings (SSSR count). The SMILES string of the molecule is N#Cc1ccnc(N2C[C@H](O)C[C@H]2c2ccc(F)cc2)c1. The summed E-state index contributed by atoms with van der Waals surface area (Å²) in [5.41, 5.74) is 1.45. The quantitative estimate of drug-likeness (QED) is 0.919. The van der Waals surface area contributed by atoms with E-state index in [4.69, 9.17) is 5.26 Å². The second-order valence-corrected chi connectivity index (χ2v) is 5.12. The number of nitriles is 1. The van der Waals surface area contributed by atoms with Crippen LogP contribution in [0.2, 0.25) is 0 Å². The molecule has 1 N–H and O–H groups in total. The molecule has 1 aliphatic rings. The van der Waals surface area contributed by atoms with Crippen LogP contribution in [0.15, 0.2) is 42.6 Å². The van der Waals surface area contributed by atoms with Gasteiger partial charge in [-0.05, 0) is 36.2 Å². The third kappa shape index (κ3) is 2.71. The number of β-amino-alcohol motifs (C(OH)–C–C–N with tert-alkyl or cyclic N) is 1. The molecule has 1 aromatic carbocycles. The summed E-state index contributed by atoms with van der Waals surface area (Å²) in [6, 6.07) is 11.6. The Balaban J connectivity index is 1.95. The molecule has 1 aliphatic heterocycles. The predicted octanol–water partition coefficient (Wildman–Crippen LogP) is 2.40. The van der Waals surface area contributed by atoms with E-state index in [0.717, 1.165) is 5.56 Å². The van der Waals surface area contributed by atoms with Crippen LogP contribution in [0.1, 0.15) is 23.6 Å². The van der Waals surface area contributed by atoms with Gasteiger partial charge < -0.3 is 10.0 Å². The molecule has 0 bridgehead atoms. The summed E-state index contributed by atoms with van der Waals surface area (Å²) >= 11 is 0. The fraction of sp³-hybridized carbons (Fsp3) is 0.250. The molecule has 0 amide bonds. The van der Waals surface area contributed by atoms with Gasteiger partial charge in [-0.15, -0.1) is 0 Å². The molecule has 2 atom stereocenters. The van der Waals surface area contributed by atoms with E-state index in [-0.39, 0.29) is 11.9 Å². The highest BCUT2D eigenvalue weighted by molar-refractivity contribution is 5.48. The van der Waals surface area contributed by atoms with Crippen molar-refractivity contribution < 1.29 is 9.50 Å². The zero-order chi connectivity index (χ0) is 14.8. The van der Waals surface area contributed by atoms with Gasteiger partial charge >= 0.3 is 0 Å². The lowest BCUT2D eigenvalue weighted by molar-refractivity contribution is 0.194. The van der Waals surface area contributed by atoms with Crippen molar-refractivity contribution in [2.75, 3.05) is 11.4 Å². The van der Waals surface area contributed by atoms with Crippen LogP contribution in [0, 0.1) is 17.1 Å². The Labute approximate surface area is 122 Å². The number of hydrogen-bond donors (Lipinski definition) is 1. The smallest absolute Gasteiger partial charge is 0.130 e. The third-order valence-corrected chi connectivity index (χ3v) is 3.70. The van der Waals surface area contributed by atoms with Gasteiger partial charge in [0.2, 0.25) is 0 Å². The first kappa shape index (κ1) is 13.5. The standard InChI is InChI=1S/C16H14FN3O/c17-13-3-1-12(2-4-13)15-8-14(21)10-20(15)16-7-11(9-18)5-6-19-16/h1-7,14-15,21H,8,10H2/t14-,15+/m1/s1. The topological polar surface area (TPSA) is 60.2 Å². The van der Waals surface area contributed by atoms with Crippen LogP contribution in [0.25, 0.3) is 0 Å². The predicted molar refractivity (Wildman–Crippen MR) is 76.1 cm³/mol. The van der Waals surface area contributed by atoms with Gasteiger partial charge in [0.1, 0.15) is 11.6 Å². The molecule has 2 heterocycles. The van der Waals surface area contributed by atoms with Crippen LogP contribution in [0.5, 0.6) is 0 Å². The van der Waals surface area contributed by atoms with Gasteiger partial charge in [-0.2, -0.15) is 5.26 Å². The number of hydrogen-bond acceptors (Lipinski definition) is 4. The minimum absolute atomic E-state index is 0.0676. The summed E-state index contributed by atoms with van der Waals surface area (Å²) < 4.78 is 13.1. The zero-order valence-corrected chi connectivity index (χ0v) is 11.3. The second kappa shape index (κ2) is 5.51. The second-order valence-electron chi connectivity index (χ2n) is 5.12. The summed E-state index contributed by atoms with van der Waals surface area (Å²) in [4.78, 5) is 6.24. The van der Waals surface area contributed by atoms with Crippen LogP contribution in [-0.4, -0.2) is 22.7 Å². The van der Waals surface area contributed by atoms with E-state index in [1.54, 1.807) is 30.5 Å². The summed E-state index contributed by atoms with van der Waals surface area (Å²) in [5, 5.41) is 18.9. The highest BCUT2D eigenvalue weighted by Gasteiger charge is 2.33. The van der Waals surface area contributed by atoms with E-state index in [1.165, 1.54) is 12.1 Å². The minimum Gasteiger partial charge on any atom is -0.391 e. The normalized spacial score (nSPS) is 21.3. The van der Waals surface area contributed by atoms with Gasteiger partial charge in [0.15, 0.2) is 0 Å². The van der Waals surface area contributed by atoms with Gasteiger partial charge in [0.25, 0.3) is 0 Å². The van der Waals surface area contributed by atoms with Crippen molar-refractivity contribution in [3.8, 4) is 6.07 Å². The van der Waals surface area contributed by atoms with E-state index < -0.39 is 6.10 Å². The van der Waals surface area contributed by atoms with Gasteiger partial charge in [0.05, 0.1) is 23.8 Å². The molecule has 4 nitrogen and oxygen atoms in total. The first-order valence-corrected chi connectivity index (χ1v) is 6.73. The van der Waals surface area contributed by atoms with Crippen LogP contribution in [0.4, 0.5) is 10.2 Å². The lowest BCUT2D eigenvalue weighted by Crippen LogP contribution is -2.25. The average molecular weight is 283 g/mol. The monoisotopic (exact) mass is 283 g/mol. The number of halogens is 1. The maximum Gasteiger partial charge on any atom is 0.130 e.